The maximum Gasteiger partial charge on any atom is 0.305 e. The average molecular weight is 308 g/mol. The summed E-state index contributed by atoms with van der Waals surface area (Å²) in [6, 6.07) is 3.65. The summed E-state index contributed by atoms with van der Waals surface area (Å²) < 4.78 is 5.33. The van der Waals surface area contributed by atoms with E-state index >= 15 is 0 Å². The van der Waals surface area contributed by atoms with Crippen LogP contribution in [0.3, 0.4) is 0 Å². The van der Waals surface area contributed by atoms with Crippen LogP contribution in [0.1, 0.15) is 38.2 Å². The molecule has 21 heavy (non-hydrogen) atoms. The highest BCUT2D eigenvalue weighted by atomic mass is 32.1. The van der Waals surface area contributed by atoms with Gasteiger partial charge in [-0.05, 0) is 24.5 Å². The molecule has 1 saturated carbocycles. The molecule has 2 N–H and O–H groups in total. The van der Waals surface area contributed by atoms with Gasteiger partial charge in [-0.1, -0.05) is 24.7 Å². The second-order valence-corrected chi connectivity index (χ2v) is 5.72. The van der Waals surface area contributed by atoms with E-state index in [-0.39, 0.29) is 0 Å². The molecule has 5 nitrogen and oxygen atoms in total. The standard InChI is InChI=1S/C15H20N2O3S/c1-11(18)20-15(19)8-4-3-7-14(15,13(21)16-2)12-6-5-9-17-10-12/h5-6,9-10,19H,3-4,7-8H2,1-2H3,(H,16,21). The van der Waals surface area contributed by atoms with E-state index in [1.807, 2.05) is 6.07 Å². The Bertz CT molecular complexity index is 537. The van der Waals surface area contributed by atoms with E-state index in [2.05, 4.69) is 10.3 Å². The zero-order valence-electron chi connectivity index (χ0n) is 12.3. The minimum absolute atomic E-state index is 0.350. The van der Waals surface area contributed by atoms with Gasteiger partial charge in [-0.15, -0.1) is 0 Å². The smallest absolute Gasteiger partial charge is 0.305 e. The third-order valence-electron chi connectivity index (χ3n) is 4.07. The number of esters is 1. The third kappa shape index (κ3) is 2.65. The quantitative estimate of drug-likeness (QED) is 0.503. The van der Waals surface area contributed by atoms with Crippen molar-refractivity contribution in [1.82, 2.24) is 10.3 Å². The van der Waals surface area contributed by atoms with Crippen LogP contribution in [-0.4, -0.2) is 33.9 Å². The molecule has 2 atom stereocenters. The van der Waals surface area contributed by atoms with Crippen molar-refractivity contribution in [3.8, 4) is 0 Å². The number of hydrogen-bond donors (Lipinski definition) is 2. The monoisotopic (exact) mass is 308 g/mol. The molecule has 0 saturated heterocycles. The molecular formula is C15H20N2O3S. The molecule has 1 aromatic rings. The Kier molecular flexibility index (Phi) is 4.58. The summed E-state index contributed by atoms with van der Waals surface area (Å²) in [6.07, 6.45) is 5.95. The fourth-order valence-electron chi connectivity index (χ4n) is 3.16. The number of pyridine rings is 1. The van der Waals surface area contributed by atoms with Crippen LogP contribution in [0.15, 0.2) is 24.5 Å². The number of aliphatic hydroxyl groups is 1. The zero-order chi connectivity index (χ0) is 15.5. The topological polar surface area (TPSA) is 71.5 Å². The van der Waals surface area contributed by atoms with E-state index in [1.165, 1.54) is 6.92 Å². The molecule has 6 heteroatoms. The number of likely N-dealkylation sites (N-methyl/N-ethyl adjacent to an activating group) is 1. The predicted octanol–water partition coefficient (Wildman–Crippen LogP) is 1.69. The fourth-order valence-corrected chi connectivity index (χ4v) is 3.54. The number of carbonyl (C=O) groups is 1. The first-order valence-electron chi connectivity index (χ1n) is 7.01. The zero-order valence-corrected chi connectivity index (χ0v) is 13.1. The molecule has 0 amide bonds. The van der Waals surface area contributed by atoms with Crippen LogP contribution < -0.4 is 5.32 Å². The van der Waals surface area contributed by atoms with Crippen LogP contribution in [0, 0.1) is 0 Å². The highest BCUT2D eigenvalue weighted by Crippen LogP contribution is 2.48. The third-order valence-corrected chi connectivity index (χ3v) is 4.62. The molecule has 2 unspecified atom stereocenters. The first-order valence-corrected chi connectivity index (χ1v) is 7.42. The van der Waals surface area contributed by atoms with Gasteiger partial charge in [0, 0.05) is 32.8 Å². The molecule has 0 aromatic carbocycles. The number of ether oxygens (including phenoxy) is 1. The summed E-state index contributed by atoms with van der Waals surface area (Å²) in [7, 11) is 1.71. The van der Waals surface area contributed by atoms with Crippen LogP contribution in [0.2, 0.25) is 0 Å². The lowest BCUT2D eigenvalue weighted by molar-refractivity contribution is -0.238. The summed E-state index contributed by atoms with van der Waals surface area (Å²) in [5, 5.41) is 14.1. The SMILES string of the molecule is CNC(=S)C1(c2cccnc2)CCCCC1(O)OC(C)=O. The van der Waals surface area contributed by atoms with Crippen LogP contribution in [-0.2, 0) is 14.9 Å². The summed E-state index contributed by atoms with van der Waals surface area (Å²) in [4.78, 5) is 16.1. The largest absolute Gasteiger partial charge is 0.432 e. The Hall–Kier alpha value is -1.53. The molecule has 1 aliphatic carbocycles. The van der Waals surface area contributed by atoms with Crippen molar-refractivity contribution in [1.29, 1.82) is 0 Å². The van der Waals surface area contributed by atoms with E-state index in [1.54, 1.807) is 25.5 Å². The normalized spacial score (nSPS) is 28.7. The lowest BCUT2D eigenvalue weighted by Gasteiger charge is -2.49. The first kappa shape index (κ1) is 15.9. The first-order chi connectivity index (χ1) is 9.96. The molecule has 1 aromatic heterocycles. The van der Waals surface area contributed by atoms with Gasteiger partial charge in [0.25, 0.3) is 0 Å². The molecule has 1 heterocycles. The van der Waals surface area contributed by atoms with Gasteiger partial charge in [0.15, 0.2) is 0 Å². The van der Waals surface area contributed by atoms with Crippen LogP contribution in [0.25, 0.3) is 0 Å². The van der Waals surface area contributed by atoms with E-state index < -0.39 is 17.2 Å². The molecule has 0 spiro atoms. The molecule has 1 fully saturated rings. The Morgan fingerprint density at radius 3 is 2.76 bits per heavy atom. The van der Waals surface area contributed by atoms with Gasteiger partial charge in [0.05, 0.1) is 4.99 Å². The molecule has 2 rings (SSSR count). The van der Waals surface area contributed by atoms with Gasteiger partial charge in [-0.25, -0.2) is 0 Å². The maximum absolute atomic E-state index is 11.5. The van der Waals surface area contributed by atoms with Crippen molar-refractivity contribution in [3.63, 3.8) is 0 Å². The Labute approximate surface area is 129 Å². The van der Waals surface area contributed by atoms with E-state index in [4.69, 9.17) is 17.0 Å². The number of nitrogens with one attached hydrogen (secondary N) is 1. The Morgan fingerprint density at radius 2 is 2.19 bits per heavy atom. The van der Waals surface area contributed by atoms with Crippen molar-refractivity contribution in [3.05, 3.63) is 30.1 Å². The number of aromatic nitrogens is 1. The molecular weight excluding hydrogens is 288 g/mol. The van der Waals surface area contributed by atoms with Gasteiger partial charge in [-0.2, -0.15) is 0 Å². The predicted molar refractivity (Wildman–Crippen MR) is 82.8 cm³/mol. The van der Waals surface area contributed by atoms with Gasteiger partial charge in [0.1, 0.15) is 5.41 Å². The molecule has 114 valence electrons. The van der Waals surface area contributed by atoms with Crippen LogP contribution >= 0.6 is 12.2 Å². The van der Waals surface area contributed by atoms with Gasteiger partial charge in [-0.3, -0.25) is 9.78 Å². The fraction of sp³-hybridized carbons (Fsp3) is 0.533. The molecule has 0 radical (unpaired) electrons. The maximum atomic E-state index is 11.5. The van der Waals surface area contributed by atoms with Crippen molar-refractivity contribution in [2.45, 2.75) is 43.8 Å². The molecule has 0 bridgehead atoms. The summed E-state index contributed by atoms with van der Waals surface area (Å²) in [5.74, 6) is -2.17. The van der Waals surface area contributed by atoms with Gasteiger partial charge in [0.2, 0.25) is 5.79 Å². The van der Waals surface area contributed by atoms with Crippen molar-refractivity contribution >= 4 is 23.2 Å². The summed E-state index contributed by atoms with van der Waals surface area (Å²) >= 11 is 5.48. The summed E-state index contributed by atoms with van der Waals surface area (Å²) in [5.41, 5.74) is -0.206. The minimum atomic E-state index is -1.65. The van der Waals surface area contributed by atoms with Crippen LogP contribution in [0.4, 0.5) is 0 Å². The number of carbonyl (C=O) groups excluding carboxylic acids is 1. The lowest BCUT2D eigenvalue weighted by atomic mass is 9.65. The average Bonchev–Trinajstić information content (AvgIpc) is 2.47. The Morgan fingerprint density at radius 1 is 1.48 bits per heavy atom. The number of nitrogens with zero attached hydrogens (tertiary/aromatic N) is 1. The van der Waals surface area contributed by atoms with E-state index in [9.17, 15) is 9.90 Å². The van der Waals surface area contributed by atoms with Crippen LogP contribution in [0.5, 0.6) is 0 Å². The van der Waals surface area contributed by atoms with E-state index in [0.29, 0.717) is 17.8 Å². The molecule has 0 aliphatic heterocycles. The number of thiocarbonyl (C=S) groups is 1. The second kappa shape index (κ2) is 6.07. The van der Waals surface area contributed by atoms with Crippen molar-refractivity contribution < 1.29 is 14.6 Å². The molecule has 1 aliphatic rings. The van der Waals surface area contributed by atoms with E-state index in [0.717, 1.165) is 18.4 Å². The number of hydrogen-bond acceptors (Lipinski definition) is 5. The summed E-state index contributed by atoms with van der Waals surface area (Å²) in [6.45, 7) is 1.29. The Balaban J connectivity index is 2.60. The highest BCUT2D eigenvalue weighted by Gasteiger charge is 2.58. The lowest BCUT2D eigenvalue weighted by Crippen LogP contribution is -2.62. The van der Waals surface area contributed by atoms with Gasteiger partial charge < -0.3 is 15.2 Å². The van der Waals surface area contributed by atoms with Gasteiger partial charge >= 0.3 is 5.97 Å². The number of rotatable bonds is 3. The minimum Gasteiger partial charge on any atom is -0.432 e. The van der Waals surface area contributed by atoms with Crippen molar-refractivity contribution in [2.24, 2.45) is 0 Å². The second-order valence-electron chi connectivity index (χ2n) is 5.31. The highest BCUT2D eigenvalue weighted by molar-refractivity contribution is 7.80. The van der Waals surface area contributed by atoms with Crippen molar-refractivity contribution in [2.75, 3.05) is 7.05 Å².